The van der Waals surface area contributed by atoms with Gasteiger partial charge in [0.25, 0.3) is 0 Å². The first-order valence-corrected chi connectivity index (χ1v) is 11.1. The van der Waals surface area contributed by atoms with E-state index in [1.807, 2.05) is 45.0 Å². The van der Waals surface area contributed by atoms with Crippen molar-refractivity contribution in [2.45, 2.75) is 40.2 Å². The molecule has 1 aliphatic heterocycles. The minimum absolute atomic E-state index is 0.0395. The second-order valence-corrected chi connectivity index (χ2v) is 7.43. The molecule has 0 spiro atoms. The smallest absolute Gasteiger partial charge is 0.225 e. The average molecular weight is 428 g/mol. The van der Waals surface area contributed by atoms with Gasteiger partial charge < -0.3 is 24.4 Å². The first-order valence-electron chi connectivity index (χ1n) is 11.1. The summed E-state index contributed by atoms with van der Waals surface area (Å²) in [7, 11) is 0. The number of aromatic nitrogens is 1. The van der Waals surface area contributed by atoms with Crippen LogP contribution < -0.4 is 24.4 Å². The van der Waals surface area contributed by atoms with E-state index in [0.717, 1.165) is 30.6 Å². The standard InChI is InChI=1S/C24H33N3O4/c1-4-29-21-14-18(15-22(30-5-2)23(21)31-6-3)16-26-24(28)19-8-7-13-27(17-19)20-9-11-25-12-10-20/h9-12,14-15,19H,4-8,13,16-17H2,1-3H3,(H,26,28)/t19-/m0/s1. The maximum Gasteiger partial charge on any atom is 0.225 e. The Balaban J connectivity index is 1.67. The van der Waals surface area contributed by atoms with Crippen LogP contribution >= 0.6 is 0 Å². The van der Waals surface area contributed by atoms with Crippen molar-refractivity contribution in [1.82, 2.24) is 10.3 Å². The van der Waals surface area contributed by atoms with Crippen LogP contribution in [-0.2, 0) is 11.3 Å². The van der Waals surface area contributed by atoms with E-state index in [1.165, 1.54) is 0 Å². The topological polar surface area (TPSA) is 72.9 Å². The number of amides is 1. The highest BCUT2D eigenvalue weighted by Crippen LogP contribution is 2.39. The van der Waals surface area contributed by atoms with Crippen LogP contribution in [0.15, 0.2) is 36.7 Å². The third kappa shape index (κ3) is 6.03. The van der Waals surface area contributed by atoms with Crippen LogP contribution in [0.4, 0.5) is 5.69 Å². The number of carbonyl (C=O) groups excluding carboxylic acids is 1. The highest BCUT2D eigenvalue weighted by Gasteiger charge is 2.26. The lowest BCUT2D eigenvalue weighted by molar-refractivity contribution is -0.125. The van der Waals surface area contributed by atoms with E-state index in [0.29, 0.717) is 50.2 Å². The van der Waals surface area contributed by atoms with Crippen molar-refractivity contribution in [1.29, 1.82) is 0 Å². The summed E-state index contributed by atoms with van der Waals surface area (Å²) in [6.07, 6.45) is 5.46. The number of ether oxygens (including phenoxy) is 3. The molecule has 1 atom stereocenters. The molecular weight excluding hydrogens is 394 g/mol. The fourth-order valence-corrected chi connectivity index (χ4v) is 3.86. The maximum absolute atomic E-state index is 12.9. The van der Waals surface area contributed by atoms with Gasteiger partial charge in [0, 0.05) is 37.7 Å². The molecule has 1 fully saturated rings. The van der Waals surface area contributed by atoms with Gasteiger partial charge in [0.2, 0.25) is 11.7 Å². The van der Waals surface area contributed by atoms with E-state index in [4.69, 9.17) is 14.2 Å². The lowest BCUT2D eigenvalue weighted by Gasteiger charge is -2.33. The summed E-state index contributed by atoms with van der Waals surface area (Å²) in [5.74, 6) is 1.93. The third-order valence-electron chi connectivity index (χ3n) is 5.26. The van der Waals surface area contributed by atoms with Gasteiger partial charge in [-0.15, -0.1) is 0 Å². The van der Waals surface area contributed by atoms with Crippen LogP contribution in [0.2, 0.25) is 0 Å². The molecule has 0 bridgehead atoms. The van der Waals surface area contributed by atoms with E-state index in [9.17, 15) is 4.79 Å². The molecule has 2 heterocycles. The number of carbonyl (C=O) groups is 1. The molecule has 1 saturated heterocycles. The zero-order valence-electron chi connectivity index (χ0n) is 18.7. The molecule has 1 N–H and O–H groups in total. The fraction of sp³-hybridized carbons (Fsp3) is 0.500. The van der Waals surface area contributed by atoms with E-state index < -0.39 is 0 Å². The van der Waals surface area contributed by atoms with Gasteiger partial charge >= 0.3 is 0 Å². The number of benzene rings is 1. The number of nitrogens with zero attached hydrogens (tertiary/aromatic N) is 2. The Hall–Kier alpha value is -2.96. The van der Waals surface area contributed by atoms with Gasteiger partial charge in [-0.05, 0) is 63.4 Å². The summed E-state index contributed by atoms with van der Waals surface area (Å²) in [6.45, 7) is 9.45. The summed E-state index contributed by atoms with van der Waals surface area (Å²) in [6, 6.07) is 7.82. The number of pyridine rings is 1. The summed E-state index contributed by atoms with van der Waals surface area (Å²) in [5.41, 5.74) is 2.03. The molecule has 7 heteroatoms. The predicted molar refractivity (Wildman–Crippen MR) is 121 cm³/mol. The van der Waals surface area contributed by atoms with Gasteiger partial charge in [-0.3, -0.25) is 9.78 Å². The van der Waals surface area contributed by atoms with Crippen LogP contribution in [0.3, 0.4) is 0 Å². The van der Waals surface area contributed by atoms with Crippen molar-refractivity contribution < 1.29 is 19.0 Å². The summed E-state index contributed by atoms with van der Waals surface area (Å²) in [4.78, 5) is 19.2. The van der Waals surface area contributed by atoms with Crippen LogP contribution in [0.25, 0.3) is 0 Å². The molecule has 0 radical (unpaired) electrons. The fourth-order valence-electron chi connectivity index (χ4n) is 3.86. The first kappa shape index (κ1) is 22.7. The number of piperidine rings is 1. The monoisotopic (exact) mass is 427 g/mol. The molecule has 0 unspecified atom stereocenters. The molecule has 0 aliphatic carbocycles. The Kier molecular flexibility index (Phi) is 8.38. The quantitative estimate of drug-likeness (QED) is 0.622. The Labute approximate surface area is 184 Å². The predicted octanol–water partition coefficient (Wildman–Crippen LogP) is 3.81. The van der Waals surface area contributed by atoms with Gasteiger partial charge in [0.15, 0.2) is 11.5 Å². The highest BCUT2D eigenvalue weighted by molar-refractivity contribution is 5.79. The average Bonchev–Trinajstić information content (AvgIpc) is 2.80. The Morgan fingerprint density at radius 1 is 1.06 bits per heavy atom. The molecule has 7 nitrogen and oxygen atoms in total. The van der Waals surface area contributed by atoms with Gasteiger partial charge in [0.05, 0.1) is 25.7 Å². The Morgan fingerprint density at radius 2 is 1.71 bits per heavy atom. The van der Waals surface area contributed by atoms with Gasteiger partial charge in [-0.25, -0.2) is 0 Å². The van der Waals surface area contributed by atoms with Crippen LogP contribution in [-0.4, -0.2) is 43.8 Å². The number of anilines is 1. The zero-order valence-corrected chi connectivity index (χ0v) is 18.7. The Bertz CT molecular complexity index is 817. The van der Waals surface area contributed by atoms with Gasteiger partial charge in [-0.1, -0.05) is 0 Å². The lowest BCUT2D eigenvalue weighted by atomic mass is 9.96. The molecule has 168 valence electrons. The number of hydrogen-bond donors (Lipinski definition) is 1. The van der Waals surface area contributed by atoms with Crippen LogP contribution in [0.5, 0.6) is 17.2 Å². The van der Waals surface area contributed by atoms with Crippen molar-refractivity contribution >= 4 is 11.6 Å². The van der Waals surface area contributed by atoms with E-state index in [1.54, 1.807) is 12.4 Å². The van der Waals surface area contributed by atoms with Crippen molar-refractivity contribution in [2.24, 2.45) is 5.92 Å². The summed E-state index contributed by atoms with van der Waals surface area (Å²) < 4.78 is 17.3. The molecule has 1 aromatic heterocycles. The second kappa shape index (κ2) is 11.4. The van der Waals surface area contributed by atoms with Crippen molar-refractivity contribution in [3.8, 4) is 17.2 Å². The molecular formula is C24H33N3O4. The Morgan fingerprint density at radius 3 is 2.32 bits per heavy atom. The minimum Gasteiger partial charge on any atom is -0.490 e. The van der Waals surface area contributed by atoms with Gasteiger partial charge in [0.1, 0.15) is 0 Å². The SMILES string of the molecule is CCOc1cc(CNC(=O)[C@H]2CCCN(c3ccncc3)C2)cc(OCC)c1OCC. The lowest BCUT2D eigenvalue weighted by Crippen LogP contribution is -2.43. The molecule has 1 aromatic carbocycles. The largest absolute Gasteiger partial charge is 0.490 e. The minimum atomic E-state index is -0.0395. The van der Waals surface area contributed by atoms with Crippen molar-refractivity contribution in [3.63, 3.8) is 0 Å². The molecule has 31 heavy (non-hydrogen) atoms. The van der Waals surface area contributed by atoms with Crippen molar-refractivity contribution in [3.05, 3.63) is 42.2 Å². The number of rotatable bonds is 10. The molecule has 1 aliphatic rings. The number of nitrogens with one attached hydrogen (secondary N) is 1. The van der Waals surface area contributed by atoms with E-state index in [2.05, 4.69) is 15.2 Å². The summed E-state index contributed by atoms with van der Waals surface area (Å²) in [5, 5.41) is 3.10. The highest BCUT2D eigenvalue weighted by atomic mass is 16.5. The summed E-state index contributed by atoms with van der Waals surface area (Å²) >= 11 is 0. The second-order valence-electron chi connectivity index (χ2n) is 7.43. The van der Waals surface area contributed by atoms with E-state index >= 15 is 0 Å². The van der Waals surface area contributed by atoms with E-state index in [-0.39, 0.29) is 11.8 Å². The van der Waals surface area contributed by atoms with Gasteiger partial charge in [-0.2, -0.15) is 0 Å². The number of hydrogen-bond acceptors (Lipinski definition) is 6. The normalized spacial score (nSPS) is 16.0. The van der Waals surface area contributed by atoms with Crippen molar-refractivity contribution in [2.75, 3.05) is 37.8 Å². The molecule has 0 saturated carbocycles. The zero-order chi connectivity index (χ0) is 22.1. The molecule has 2 aromatic rings. The molecule has 1 amide bonds. The maximum atomic E-state index is 12.9. The van der Waals surface area contributed by atoms with Crippen LogP contribution in [0, 0.1) is 5.92 Å². The third-order valence-corrected chi connectivity index (χ3v) is 5.26. The van der Waals surface area contributed by atoms with Crippen LogP contribution in [0.1, 0.15) is 39.2 Å². The first-order chi connectivity index (χ1) is 15.2. The molecule has 3 rings (SSSR count).